The van der Waals surface area contributed by atoms with Gasteiger partial charge in [-0.05, 0) is 31.2 Å². The zero-order chi connectivity index (χ0) is 22.4. The summed E-state index contributed by atoms with van der Waals surface area (Å²) in [6.07, 6.45) is -7.11. The van der Waals surface area contributed by atoms with Gasteiger partial charge in [-0.3, -0.25) is 4.79 Å². The van der Waals surface area contributed by atoms with Gasteiger partial charge in [0.05, 0.1) is 6.10 Å². The number of hydrogen-bond donors (Lipinski definition) is 6. The molecule has 0 radical (unpaired) electrons. The Bertz CT molecular complexity index is 1170. The molecular formula is C21H20O10. The van der Waals surface area contributed by atoms with Crippen LogP contribution in [0.15, 0.2) is 45.6 Å². The second kappa shape index (κ2) is 7.75. The molecule has 0 amide bonds. The Morgan fingerprint density at radius 1 is 0.903 bits per heavy atom. The third-order valence-corrected chi connectivity index (χ3v) is 5.09. The Labute approximate surface area is 174 Å². The van der Waals surface area contributed by atoms with Crippen LogP contribution in [0.5, 0.6) is 23.0 Å². The maximum atomic E-state index is 13.2. The first-order valence-electron chi connectivity index (χ1n) is 9.36. The first-order valence-corrected chi connectivity index (χ1v) is 9.36. The lowest BCUT2D eigenvalue weighted by atomic mass is 10.00. The molecule has 4 rings (SSSR count). The van der Waals surface area contributed by atoms with Gasteiger partial charge in [0, 0.05) is 17.7 Å². The molecule has 10 heteroatoms. The van der Waals surface area contributed by atoms with Gasteiger partial charge in [-0.15, -0.1) is 0 Å². The molecule has 0 unspecified atom stereocenters. The number of rotatable bonds is 3. The lowest BCUT2D eigenvalue weighted by Gasteiger charge is -2.38. The van der Waals surface area contributed by atoms with E-state index in [1.165, 1.54) is 31.2 Å². The van der Waals surface area contributed by atoms with Crippen molar-refractivity contribution < 1.29 is 44.5 Å². The monoisotopic (exact) mass is 432 g/mol. The summed E-state index contributed by atoms with van der Waals surface area (Å²) in [5.41, 5.74) is -0.661. The number of aliphatic hydroxyl groups excluding tert-OH is 3. The van der Waals surface area contributed by atoms with E-state index in [2.05, 4.69) is 0 Å². The smallest absolute Gasteiger partial charge is 0.239 e. The SMILES string of the molecule is C[C@H]1O[C@H](Oc2c(-c3ccc(O)cc3)oc3cc(O)cc(O)c3c2=O)[C@H](O)[C@@H](O)[C@@H]1O. The fourth-order valence-corrected chi connectivity index (χ4v) is 3.41. The Balaban J connectivity index is 1.90. The molecule has 0 aliphatic carbocycles. The number of hydrogen-bond acceptors (Lipinski definition) is 10. The Morgan fingerprint density at radius 3 is 2.26 bits per heavy atom. The van der Waals surface area contributed by atoms with Gasteiger partial charge >= 0.3 is 0 Å². The van der Waals surface area contributed by atoms with Crippen LogP contribution in [0.2, 0.25) is 0 Å². The number of benzene rings is 2. The van der Waals surface area contributed by atoms with Crippen LogP contribution in [0.25, 0.3) is 22.3 Å². The van der Waals surface area contributed by atoms with Crippen molar-refractivity contribution in [1.29, 1.82) is 0 Å². The maximum Gasteiger partial charge on any atom is 0.239 e. The largest absolute Gasteiger partial charge is 0.508 e. The quantitative estimate of drug-likeness (QED) is 0.348. The van der Waals surface area contributed by atoms with E-state index in [1.54, 1.807) is 0 Å². The third-order valence-electron chi connectivity index (χ3n) is 5.09. The summed E-state index contributed by atoms with van der Waals surface area (Å²) in [7, 11) is 0. The first-order chi connectivity index (χ1) is 14.7. The molecular weight excluding hydrogens is 412 g/mol. The summed E-state index contributed by atoms with van der Waals surface area (Å²) in [5, 5.41) is 59.4. The van der Waals surface area contributed by atoms with Gasteiger partial charge in [0.2, 0.25) is 17.5 Å². The van der Waals surface area contributed by atoms with Crippen LogP contribution in [0.3, 0.4) is 0 Å². The number of phenols is 3. The highest BCUT2D eigenvalue weighted by atomic mass is 16.7. The highest BCUT2D eigenvalue weighted by molar-refractivity contribution is 5.88. The van der Waals surface area contributed by atoms with Crippen LogP contribution in [0.1, 0.15) is 6.92 Å². The van der Waals surface area contributed by atoms with Gasteiger partial charge in [0.1, 0.15) is 46.5 Å². The minimum atomic E-state index is -1.69. The van der Waals surface area contributed by atoms with E-state index in [0.717, 1.165) is 12.1 Å². The van der Waals surface area contributed by atoms with Crippen LogP contribution >= 0.6 is 0 Å². The minimum absolute atomic E-state index is 0.0402. The third kappa shape index (κ3) is 3.66. The number of ether oxygens (including phenoxy) is 2. The van der Waals surface area contributed by atoms with E-state index in [1.807, 2.05) is 0 Å². The number of aromatic hydroxyl groups is 3. The van der Waals surface area contributed by atoms with Crippen molar-refractivity contribution in [3.8, 4) is 34.3 Å². The van der Waals surface area contributed by atoms with Crippen molar-refractivity contribution in [3.05, 3.63) is 46.6 Å². The van der Waals surface area contributed by atoms with Gasteiger partial charge in [-0.1, -0.05) is 0 Å². The molecule has 31 heavy (non-hydrogen) atoms. The van der Waals surface area contributed by atoms with E-state index in [-0.39, 0.29) is 28.2 Å². The molecule has 3 aromatic rings. The summed E-state index contributed by atoms with van der Waals surface area (Å²) in [6, 6.07) is 7.66. The lowest BCUT2D eigenvalue weighted by Crippen LogP contribution is -2.58. The molecule has 1 aliphatic heterocycles. The molecule has 6 N–H and O–H groups in total. The van der Waals surface area contributed by atoms with E-state index in [0.29, 0.717) is 5.56 Å². The predicted octanol–water partition coefficient (Wildman–Crippen LogP) is 0.783. The molecule has 10 nitrogen and oxygen atoms in total. The summed E-state index contributed by atoms with van der Waals surface area (Å²) in [4.78, 5) is 13.2. The Kier molecular flexibility index (Phi) is 5.23. The molecule has 0 spiro atoms. The Hall–Kier alpha value is -3.31. The fourth-order valence-electron chi connectivity index (χ4n) is 3.41. The van der Waals surface area contributed by atoms with Crippen LogP contribution in [0, 0.1) is 0 Å². The summed E-state index contributed by atoms with van der Waals surface area (Å²) >= 11 is 0. The van der Waals surface area contributed by atoms with Crippen molar-refractivity contribution >= 4 is 11.0 Å². The number of phenolic OH excluding ortho intramolecular Hbond substituents is 3. The average molecular weight is 432 g/mol. The fraction of sp³-hybridized carbons (Fsp3) is 0.286. The number of aliphatic hydroxyl groups is 3. The van der Waals surface area contributed by atoms with Gasteiger partial charge in [0.25, 0.3) is 0 Å². The lowest BCUT2D eigenvalue weighted by molar-refractivity contribution is -0.268. The maximum absolute atomic E-state index is 13.2. The van der Waals surface area contributed by atoms with E-state index in [9.17, 15) is 35.4 Å². The molecule has 1 saturated heterocycles. The highest BCUT2D eigenvalue weighted by Gasteiger charge is 2.44. The van der Waals surface area contributed by atoms with Gasteiger partial charge in [0.15, 0.2) is 5.76 Å². The van der Waals surface area contributed by atoms with E-state index >= 15 is 0 Å². The van der Waals surface area contributed by atoms with Crippen molar-refractivity contribution in [2.24, 2.45) is 0 Å². The highest BCUT2D eigenvalue weighted by Crippen LogP contribution is 2.37. The van der Waals surface area contributed by atoms with Crippen LogP contribution in [0.4, 0.5) is 0 Å². The zero-order valence-electron chi connectivity index (χ0n) is 16.2. The van der Waals surface area contributed by atoms with Crippen LogP contribution in [-0.4, -0.2) is 61.3 Å². The molecule has 0 bridgehead atoms. The van der Waals surface area contributed by atoms with Crippen molar-refractivity contribution in [1.82, 2.24) is 0 Å². The van der Waals surface area contributed by atoms with Crippen molar-refractivity contribution in [3.63, 3.8) is 0 Å². The average Bonchev–Trinajstić information content (AvgIpc) is 2.72. The minimum Gasteiger partial charge on any atom is -0.508 e. The van der Waals surface area contributed by atoms with E-state index in [4.69, 9.17) is 13.9 Å². The first kappa shape index (κ1) is 20.9. The summed E-state index contributed by atoms with van der Waals surface area (Å²) in [5.74, 6) is -1.51. The second-order valence-electron chi connectivity index (χ2n) is 7.27. The summed E-state index contributed by atoms with van der Waals surface area (Å²) in [6.45, 7) is 1.45. The van der Waals surface area contributed by atoms with Gasteiger partial charge in [-0.2, -0.15) is 0 Å². The zero-order valence-corrected chi connectivity index (χ0v) is 16.2. The Morgan fingerprint density at radius 2 is 1.58 bits per heavy atom. The molecule has 2 heterocycles. The predicted molar refractivity (Wildman–Crippen MR) is 106 cm³/mol. The van der Waals surface area contributed by atoms with Crippen LogP contribution < -0.4 is 10.2 Å². The molecule has 2 aromatic carbocycles. The molecule has 164 valence electrons. The summed E-state index contributed by atoms with van der Waals surface area (Å²) < 4.78 is 16.8. The molecule has 1 fully saturated rings. The number of fused-ring (bicyclic) bond motifs is 1. The van der Waals surface area contributed by atoms with Crippen LogP contribution in [-0.2, 0) is 4.74 Å². The molecule has 1 aromatic heterocycles. The van der Waals surface area contributed by atoms with E-state index < -0.39 is 47.6 Å². The second-order valence-corrected chi connectivity index (χ2v) is 7.27. The van der Waals surface area contributed by atoms with Crippen molar-refractivity contribution in [2.75, 3.05) is 0 Å². The molecule has 5 atom stereocenters. The van der Waals surface area contributed by atoms with Gasteiger partial charge < -0.3 is 44.5 Å². The van der Waals surface area contributed by atoms with Gasteiger partial charge in [-0.25, -0.2) is 0 Å². The standard InChI is InChI=1S/C21H20O10/c1-8-15(25)17(27)18(28)21(29-8)31-20-16(26)14-12(24)6-11(23)7-13(14)30-19(20)9-2-4-10(22)5-3-9/h2-8,15,17-18,21-25,27-28H,1H3/t8-,15-,17+,18-,21-/m1/s1. The normalized spacial score (nSPS) is 26.1. The van der Waals surface area contributed by atoms with Crippen molar-refractivity contribution in [2.45, 2.75) is 37.6 Å². The molecule has 1 aliphatic rings. The topological polar surface area (TPSA) is 170 Å². The molecule has 0 saturated carbocycles.